The van der Waals surface area contributed by atoms with Gasteiger partial charge < -0.3 is 30.5 Å². The highest BCUT2D eigenvalue weighted by Gasteiger charge is 2.58. The van der Waals surface area contributed by atoms with Crippen LogP contribution < -0.4 is 10.6 Å². The first-order chi connectivity index (χ1) is 22.7. The van der Waals surface area contributed by atoms with E-state index in [4.69, 9.17) is 9.57 Å². The maximum atomic E-state index is 14.2. The molecule has 6 unspecified atom stereocenters. The third kappa shape index (κ3) is 7.64. The lowest BCUT2D eigenvalue weighted by Gasteiger charge is -2.62. The van der Waals surface area contributed by atoms with Gasteiger partial charge in [0.25, 0.3) is 0 Å². The molecule has 6 fully saturated rings. The predicted molar refractivity (Wildman–Crippen MR) is 186 cm³/mol. The molecule has 0 radical (unpaired) electrons. The molecule has 5 saturated carbocycles. The van der Waals surface area contributed by atoms with Gasteiger partial charge in [-0.05, 0) is 107 Å². The van der Waals surface area contributed by atoms with Crippen LogP contribution in [0.2, 0.25) is 0 Å². The van der Waals surface area contributed by atoms with Crippen molar-refractivity contribution >= 4 is 11.8 Å². The molecule has 0 aromatic rings. The molecule has 10 nitrogen and oxygen atoms in total. The van der Waals surface area contributed by atoms with Crippen LogP contribution in [0.5, 0.6) is 0 Å². The normalized spacial score (nSPS) is 42.0. The van der Waals surface area contributed by atoms with E-state index in [-0.39, 0.29) is 42.4 Å². The molecule has 5 aliphatic carbocycles. The highest BCUT2D eigenvalue weighted by Crippen LogP contribution is 2.61. The molecule has 1 heterocycles. The molecule has 2 bridgehead atoms. The molecule has 0 spiro atoms. The Bertz CT molecular complexity index is 1100. The van der Waals surface area contributed by atoms with E-state index in [2.05, 4.69) is 64.2 Å². The summed E-state index contributed by atoms with van der Waals surface area (Å²) in [5.41, 5.74) is 0.322. The fraction of sp³-hybridized carbons (Fsp3) is 0.947. The van der Waals surface area contributed by atoms with Crippen molar-refractivity contribution in [2.24, 2.45) is 58.7 Å². The van der Waals surface area contributed by atoms with Crippen LogP contribution in [-0.2, 0) is 19.2 Å². The number of aliphatic hydroxyl groups excluding tert-OH is 2. The summed E-state index contributed by atoms with van der Waals surface area (Å²) in [7, 11) is 6.05. The number of hydroxylamine groups is 2. The smallest absolute Gasteiger partial charge is 0.240 e. The Morgan fingerprint density at radius 2 is 1.79 bits per heavy atom. The topological polar surface area (TPSA) is 124 Å². The third-order valence-corrected chi connectivity index (χ3v) is 13.9. The molecule has 14 atom stereocenters. The lowest BCUT2D eigenvalue weighted by atomic mass is 9.45. The van der Waals surface area contributed by atoms with Crippen LogP contribution in [-0.4, -0.2) is 109 Å². The maximum Gasteiger partial charge on any atom is 0.240 e. The number of nitrogens with zero attached hydrogens (tertiary/aromatic N) is 2. The number of nitrogens with one attached hydrogen (secondary N) is 2. The van der Waals surface area contributed by atoms with Crippen LogP contribution in [0.15, 0.2) is 0 Å². The van der Waals surface area contributed by atoms with Crippen molar-refractivity contribution in [1.82, 2.24) is 20.6 Å². The van der Waals surface area contributed by atoms with Gasteiger partial charge in [-0.3, -0.25) is 14.4 Å². The average molecular weight is 677 g/mol. The zero-order valence-corrected chi connectivity index (χ0v) is 31.4. The van der Waals surface area contributed by atoms with Gasteiger partial charge in [0.15, 0.2) is 0 Å². The maximum absolute atomic E-state index is 14.2. The number of hydrogen-bond donors (Lipinski definition) is 4. The number of ether oxygens (including phenoxy) is 1. The van der Waals surface area contributed by atoms with E-state index in [1.807, 2.05) is 0 Å². The van der Waals surface area contributed by atoms with Crippen molar-refractivity contribution in [3.05, 3.63) is 0 Å². The number of methoxy groups -OCH3 is 1. The molecule has 1 saturated heterocycles. The van der Waals surface area contributed by atoms with Crippen LogP contribution in [0.25, 0.3) is 0 Å². The largest absolute Gasteiger partial charge is 0.394 e. The Kier molecular flexibility index (Phi) is 12.3. The molecular weight excluding hydrogens is 608 g/mol. The SMILES string of the molecule is COC1C(CN2O[C@@H](CO)[C@H]([C@H](C)O)[C@H]2C(=O)N[C@H]2C[C@H]3C[C@@H]([C@@H]2C)C3(C)C)CCCC1C1CC(C(=O)NCC(C)C)CC(N(C)C)C1. The van der Waals surface area contributed by atoms with Gasteiger partial charge in [-0.25, -0.2) is 0 Å². The van der Waals surface area contributed by atoms with Crippen molar-refractivity contribution in [2.75, 3.05) is 40.9 Å². The highest BCUT2D eigenvalue weighted by molar-refractivity contribution is 5.83. The summed E-state index contributed by atoms with van der Waals surface area (Å²) >= 11 is 0. The molecule has 0 aromatic heterocycles. The number of fused-ring (bicyclic) bond motifs is 2. The second-order valence-corrected chi connectivity index (χ2v) is 17.7. The minimum atomic E-state index is -0.819. The van der Waals surface area contributed by atoms with Gasteiger partial charge in [0.2, 0.25) is 11.8 Å². The Morgan fingerprint density at radius 1 is 1.06 bits per heavy atom. The second kappa shape index (κ2) is 15.5. The molecule has 6 aliphatic rings. The summed E-state index contributed by atoms with van der Waals surface area (Å²) in [6.45, 7) is 13.9. The fourth-order valence-electron chi connectivity index (χ4n) is 10.9. The molecule has 48 heavy (non-hydrogen) atoms. The van der Waals surface area contributed by atoms with Gasteiger partial charge in [0.05, 0.1) is 18.8 Å². The van der Waals surface area contributed by atoms with Crippen molar-refractivity contribution in [3.63, 3.8) is 0 Å². The summed E-state index contributed by atoms with van der Waals surface area (Å²) < 4.78 is 6.35. The van der Waals surface area contributed by atoms with E-state index in [0.717, 1.165) is 44.9 Å². The van der Waals surface area contributed by atoms with Gasteiger partial charge in [-0.2, -0.15) is 5.06 Å². The number of amides is 2. The summed E-state index contributed by atoms with van der Waals surface area (Å²) in [4.78, 5) is 36.2. The summed E-state index contributed by atoms with van der Waals surface area (Å²) in [5, 5.41) is 29.7. The van der Waals surface area contributed by atoms with E-state index in [1.165, 1.54) is 6.42 Å². The van der Waals surface area contributed by atoms with Gasteiger partial charge >= 0.3 is 0 Å². The Morgan fingerprint density at radius 3 is 2.38 bits per heavy atom. The van der Waals surface area contributed by atoms with Crippen LogP contribution in [0.1, 0.15) is 92.9 Å². The number of hydrogen-bond acceptors (Lipinski definition) is 8. The van der Waals surface area contributed by atoms with Gasteiger partial charge in [0.1, 0.15) is 12.1 Å². The highest BCUT2D eigenvalue weighted by atomic mass is 16.7. The zero-order chi connectivity index (χ0) is 35.1. The number of carbonyl (C=O) groups excluding carboxylic acids is 2. The van der Waals surface area contributed by atoms with Gasteiger partial charge in [0, 0.05) is 50.0 Å². The fourth-order valence-corrected chi connectivity index (χ4v) is 10.9. The first-order valence-corrected chi connectivity index (χ1v) is 19.2. The standard InChI is InChI=1S/C38H68N4O6/c1-21(2)18-39-36(45)26-13-25(14-28(15-26)41(7)8)29-12-10-11-24(35(29)47-9)19-42-34(33(23(4)44)32(20-43)48-42)37(46)40-31-17-27-16-30(22(31)3)38(27,5)6/h21-35,43-44H,10-20H2,1-9H3,(H,39,45)(H,40,46)/t22-,23-,24?,25?,26?,27+,28?,29?,30-,31-,32-,33-,34-,35?/m0/s1. The molecule has 4 N–H and O–H groups in total. The van der Waals surface area contributed by atoms with Crippen LogP contribution in [0, 0.1) is 58.7 Å². The molecular formula is C38H68N4O6. The first kappa shape index (κ1) is 37.9. The number of rotatable bonds is 12. The van der Waals surface area contributed by atoms with Crippen molar-refractivity contribution in [1.29, 1.82) is 0 Å². The minimum Gasteiger partial charge on any atom is -0.394 e. The monoisotopic (exact) mass is 677 g/mol. The Hall–Kier alpha value is -1.30. The quantitative estimate of drug-likeness (QED) is 0.247. The van der Waals surface area contributed by atoms with Gasteiger partial charge in [-0.15, -0.1) is 0 Å². The molecule has 10 heteroatoms. The van der Waals surface area contributed by atoms with E-state index >= 15 is 0 Å². The van der Waals surface area contributed by atoms with Crippen LogP contribution in [0.3, 0.4) is 0 Å². The van der Waals surface area contributed by atoms with Gasteiger partial charge in [-0.1, -0.05) is 41.0 Å². The minimum absolute atomic E-state index is 0.0151. The van der Waals surface area contributed by atoms with Crippen molar-refractivity contribution < 1.29 is 29.4 Å². The number of carbonyl (C=O) groups is 2. The molecule has 276 valence electrons. The van der Waals surface area contributed by atoms with E-state index in [1.54, 1.807) is 19.1 Å². The van der Waals surface area contributed by atoms with Crippen LogP contribution in [0.4, 0.5) is 0 Å². The lowest BCUT2D eigenvalue weighted by Crippen LogP contribution is -2.62. The zero-order valence-electron chi connectivity index (χ0n) is 31.4. The van der Waals surface area contributed by atoms with E-state index < -0.39 is 24.2 Å². The molecule has 0 aromatic carbocycles. The Balaban J connectivity index is 1.32. The summed E-state index contributed by atoms with van der Waals surface area (Å²) in [6.07, 6.45) is 6.55. The van der Waals surface area contributed by atoms with E-state index in [0.29, 0.717) is 60.1 Å². The van der Waals surface area contributed by atoms with Crippen molar-refractivity contribution in [2.45, 2.75) is 129 Å². The summed E-state index contributed by atoms with van der Waals surface area (Å²) in [5.74, 6) is 2.30. The first-order valence-electron chi connectivity index (χ1n) is 19.2. The second-order valence-electron chi connectivity index (χ2n) is 17.7. The molecule has 1 aliphatic heterocycles. The number of aliphatic hydroxyl groups is 2. The van der Waals surface area contributed by atoms with E-state index in [9.17, 15) is 19.8 Å². The Labute approximate surface area is 290 Å². The molecule has 2 amide bonds. The molecule has 6 rings (SSSR count). The predicted octanol–water partition coefficient (Wildman–Crippen LogP) is 3.70. The third-order valence-electron chi connectivity index (χ3n) is 13.9. The summed E-state index contributed by atoms with van der Waals surface area (Å²) in [6, 6.07) is -0.256. The van der Waals surface area contributed by atoms with Crippen molar-refractivity contribution in [3.8, 4) is 0 Å². The van der Waals surface area contributed by atoms with Crippen LogP contribution >= 0.6 is 0 Å². The lowest BCUT2D eigenvalue weighted by molar-refractivity contribution is -0.193. The average Bonchev–Trinajstić information content (AvgIpc) is 3.42.